The van der Waals surface area contributed by atoms with Crippen LogP contribution in [-0.2, 0) is 4.79 Å². The number of rotatable bonds is 22. The molecule has 3 saturated heterocycles. The summed E-state index contributed by atoms with van der Waals surface area (Å²) >= 11 is 6.17. The average Bonchev–Trinajstić information content (AvgIpc) is 0.746. The van der Waals surface area contributed by atoms with Gasteiger partial charge in [0.2, 0.25) is 23.8 Å². The molecule has 31 heteroatoms. The van der Waals surface area contributed by atoms with Crippen LogP contribution in [0, 0.1) is 0 Å². The van der Waals surface area contributed by atoms with Gasteiger partial charge in [-0.05, 0) is 201 Å². The lowest BCUT2D eigenvalue weighted by molar-refractivity contribution is -0.120. The summed E-state index contributed by atoms with van der Waals surface area (Å²) in [7, 11) is 6.44. The van der Waals surface area contributed by atoms with E-state index in [0.717, 1.165) is 254 Å². The van der Waals surface area contributed by atoms with Crippen molar-refractivity contribution in [3.05, 3.63) is 150 Å². The number of hydrogen-bond acceptors (Lipinski definition) is 26. The summed E-state index contributed by atoms with van der Waals surface area (Å²) in [6.07, 6.45) is 26.3. The molecule has 11 heterocycles. The number of unbranched alkanes of at least 4 members (excludes halogenated alkanes) is 4. The van der Waals surface area contributed by atoms with Crippen molar-refractivity contribution in [3.8, 4) is 0 Å². The molecule has 19 rings (SSSR count). The molecule has 30 nitrogen and oxygen atoms in total. The molecule has 0 amide bonds. The maximum Gasteiger partial charge on any atom is 0.260 e. The van der Waals surface area contributed by atoms with Crippen LogP contribution in [0.3, 0.4) is 0 Å². The van der Waals surface area contributed by atoms with Crippen LogP contribution in [0.5, 0.6) is 0 Å². The number of aromatic nitrogens is 12. The van der Waals surface area contributed by atoms with Crippen molar-refractivity contribution in [1.82, 2.24) is 78.2 Å². The zero-order valence-corrected chi connectivity index (χ0v) is 77.8. The Morgan fingerprint density at radius 3 is 0.962 bits per heavy atom. The minimum absolute atomic E-state index is 0. The summed E-state index contributed by atoms with van der Waals surface area (Å²) < 4.78 is 7.39. The number of hydrogen-bond donors (Lipinski definition) is 8. The minimum atomic E-state index is -0.283. The highest BCUT2D eigenvalue weighted by Crippen LogP contribution is 2.39. The van der Waals surface area contributed by atoms with Gasteiger partial charge in [-0.15, -0.1) is 0 Å². The lowest BCUT2D eigenvalue weighted by atomic mass is 9.92. The molecule has 12 aromatic rings. The molecule has 0 radical (unpaired) electrons. The third-order valence-corrected chi connectivity index (χ3v) is 27.4. The van der Waals surface area contributed by atoms with Gasteiger partial charge in [-0.3, -0.25) is 42.2 Å². The van der Waals surface area contributed by atoms with E-state index < -0.39 is 0 Å². The Balaban J connectivity index is 0.000000137. The second-order valence-corrected chi connectivity index (χ2v) is 37.0. The molecule has 8 aromatic heterocycles. The van der Waals surface area contributed by atoms with Crippen LogP contribution in [0.15, 0.2) is 123 Å². The van der Waals surface area contributed by atoms with Gasteiger partial charge in [-0.2, -0.15) is 19.9 Å². The number of ketones is 1. The normalized spacial score (nSPS) is 20.2. The Bertz CT molecular complexity index is 6130. The monoisotopic (exact) mass is 1810 g/mol. The Kier molecular flexibility index (Phi) is 33.8. The first kappa shape index (κ1) is 96.6. The fraction of sp³-hybridized carbons (Fsp3) is 0.550. The predicted molar refractivity (Wildman–Crippen MR) is 533 cm³/mol. The molecule has 0 bridgehead atoms. The van der Waals surface area contributed by atoms with E-state index in [-0.39, 0.29) is 77.9 Å². The van der Waals surface area contributed by atoms with Crippen molar-refractivity contribution in [1.29, 1.82) is 0 Å². The van der Waals surface area contributed by atoms with Crippen LogP contribution in [0.4, 0.5) is 35.2 Å². The predicted octanol–water partition coefficient (Wildman–Crippen LogP) is 15.1. The van der Waals surface area contributed by atoms with E-state index in [1.165, 1.54) is 13.1 Å². The standard InChI is InChI=1S/C26H36N6O2.C26H34N6O2.C21H25ClN4O2.C21H26N4O2.C5H12N2.CH4/c2*1-3-4-11-27-26-28-17-23-21-10-7-19(31-14-12-30(2)13-15-31)16-22(21)25(34)32(24(23)29-26)18-5-8-20(33)9-6-18;1-2-3-10-23-21-24-12-18-16-9-4-13(22)11-17(16)20(28)26(19(18)25-21)14-5-7-15(27)8-6-14;1-2-3-12-22-21-23-13-18-16-6-4-5-7-17(16)20(27)25(19(18)24-21)14-8-10-15(26)11-9-14;1-7-4-2-6-3-5-7;/h7,10,16-18,20,33H,3-6,8-9,11-15H2,1-2H3,(H,27,28,29);7,10,16-18H,3-6,8-9,11-15H2,1-2H3,(H,27,28,29);4,9,11-12,14-15,27H,2-3,5-8,10H2,1H3,(H,23,24,25);4-7,13-15,26H,2-3,8-12H2,1H3,(H,22,23,24);6H,2-5H2,1H3;1H4. The molecule has 131 heavy (non-hydrogen) atoms. The molecule has 8 N–H and O–H groups in total. The lowest BCUT2D eigenvalue weighted by Gasteiger charge is -2.34. The number of aliphatic hydroxyl groups is 3. The van der Waals surface area contributed by atoms with Crippen LogP contribution in [0.1, 0.15) is 213 Å². The van der Waals surface area contributed by atoms with E-state index >= 15 is 0 Å². The molecule has 4 aliphatic carbocycles. The molecule has 4 aromatic carbocycles. The van der Waals surface area contributed by atoms with Gasteiger partial charge >= 0.3 is 0 Å². The number of Topliss-reactive ketones (excluding diaryl/α,β-unsaturated/α-hetero) is 1. The molecule has 0 spiro atoms. The second kappa shape index (κ2) is 45.8. The van der Waals surface area contributed by atoms with Crippen LogP contribution in [-0.4, -0.2) is 238 Å². The quantitative estimate of drug-likeness (QED) is 0.0231. The number of halogens is 1. The topological polar surface area (TPSA) is 345 Å². The van der Waals surface area contributed by atoms with Gasteiger partial charge in [0.25, 0.3) is 22.2 Å². The summed E-state index contributed by atoms with van der Waals surface area (Å²) in [4.78, 5) is 115. The van der Waals surface area contributed by atoms with E-state index in [1.54, 1.807) is 22.9 Å². The van der Waals surface area contributed by atoms with E-state index in [2.05, 4.69) is 150 Å². The van der Waals surface area contributed by atoms with E-state index in [0.29, 0.717) is 119 Å². The van der Waals surface area contributed by atoms with Crippen molar-refractivity contribution in [2.75, 3.05) is 157 Å². The van der Waals surface area contributed by atoms with Gasteiger partial charge < -0.3 is 66.4 Å². The summed E-state index contributed by atoms with van der Waals surface area (Å²) in [5.74, 6) is 2.50. The first-order valence-electron chi connectivity index (χ1n) is 48.0. The van der Waals surface area contributed by atoms with E-state index in [9.17, 15) is 39.3 Å². The highest BCUT2D eigenvalue weighted by atomic mass is 35.5. The molecule has 3 aliphatic heterocycles. The van der Waals surface area contributed by atoms with Gasteiger partial charge in [0.15, 0.2) is 0 Å². The number of nitrogens with one attached hydrogen (secondary N) is 5. The number of aliphatic hydroxyl groups excluding tert-OH is 3. The number of benzene rings is 4. The molecule has 7 fully saturated rings. The van der Waals surface area contributed by atoms with Crippen LogP contribution in [0.2, 0.25) is 5.02 Å². The zero-order chi connectivity index (χ0) is 90.9. The van der Waals surface area contributed by atoms with Crippen molar-refractivity contribution >= 4 is 140 Å². The van der Waals surface area contributed by atoms with Gasteiger partial charge in [0, 0.05) is 215 Å². The third kappa shape index (κ3) is 23.1. The summed E-state index contributed by atoms with van der Waals surface area (Å²) in [6, 6.07) is 25.6. The lowest BCUT2D eigenvalue weighted by Crippen LogP contribution is -2.44. The van der Waals surface area contributed by atoms with E-state index in [1.807, 2.05) is 68.7 Å². The Morgan fingerprint density at radius 2 is 0.641 bits per heavy atom. The summed E-state index contributed by atoms with van der Waals surface area (Å²) in [6.45, 7) is 24.4. The van der Waals surface area contributed by atoms with E-state index in [4.69, 9.17) is 31.5 Å². The number of carbonyl (C=O) groups excluding carboxylic acids is 1. The SMILES string of the molecule is C.CCCCNc1ncc2c3ccc(Cl)cc3c(=O)n(C3CCC(O)CC3)c2n1.CCCCNc1ncc2c3ccc(N4CCN(C)CC4)cc3c(=O)n(C3CCC(=O)CC3)c2n1.CCCCNc1ncc2c3ccc(N4CCN(C)CC4)cc3c(=O)n(C3CCC(O)CC3)c2n1.CCCCNc1ncc2c3ccccc3c(=O)n(C3CCC(O)CC3)c2n1.CN1CCNCC1. The Hall–Kier alpha value is -10.4. The number of likely N-dealkylation sites (N-methyl/N-ethyl adjacent to an activating group) is 3. The maximum atomic E-state index is 14.0. The van der Waals surface area contributed by atoms with Crippen molar-refractivity contribution in [2.24, 2.45) is 0 Å². The molecule has 0 unspecified atom stereocenters. The minimum Gasteiger partial charge on any atom is -0.393 e. The first-order valence-corrected chi connectivity index (χ1v) is 48.4. The van der Waals surface area contributed by atoms with Gasteiger partial charge in [0.05, 0.1) is 29.1 Å². The number of anilines is 6. The third-order valence-electron chi connectivity index (χ3n) is 27.2. The van der Waals surface area contributed by atoms with Gasteiger partial charge in [-0.25, -0.2) is 19.9 Å². The zero-order valence-electron chi connectivity index (χ0n) is 77.0. The number of fused-ring (bicyclic) bond motifs is 12. The fourth-order valence-corrected chi connectivity index (χ4v) is 19.4. The maximum absolute atomic E-state index is 14.0. The number of carbonyl (C=O) groups is 1. The van der Waals surface area contributed by atoms with Crippen LogP contribution < -0.4 is 58.6 Å². The number of pyridine rings is 4. The largest absolute Gasteiger partial charge is 0.393 e. The highest BCUT2D eigenvalue weighted by molar-refractivity contribution is 6.31. The van der Waals surface area contributed by atoms with Crippen molar-refractivity contribution in [2.45, 2.75) is 232 Å². The molecular weight excluding hydrogens is 1670 g/mol. The van der Waals surface area contributed by atoms with Crippen molar-refractivity contribution < 1.29 is 20.1 Å². The van der Waals surface area contributed by atoms with Crippen molar-refractivity contribution in [3.63, 3.8) is 0 Å². The molecule has 7 aliphatic rings. The summed E-state index contributed by atoms with van der Waals surface area (Å²) in [5, 5.41) is 56.5. The van der Waals surface area contributed by atoms with Gasteiger partial charge in [0.1, 0.15) is 28.4 Å². The number of piperazine rings is 3. The summed E-state index contributed by atoms with van der Waals surface area (Å²) in [5.41, 5.74) is 4.79. The van der Waals surface area contributed by atoms with Crippen LogP contribution >= 0.6 is 11.6 Å². The molecule has 0 atom stereocenters. The highest BCUT2D eigenvalue weighted by Gasteiger charge is 2.32. The fourth-order valence-electron chi connectivity index (χ4n) is 19.2. The van der Waals surface area contributed by atoms with Crippen LogP contribution in [0.25, 0.3) is 87.2 Å². The second-order valence-electron chi connectivity index (χ2n) is 36.5. The Morgan fingerprint density at radius 1 is 0.351 bits per heavy atom. The smallest absolute Gasteiger partial charge is 0.260 e. The average molecular weight is 1810 g/mol. The first-order chi connectivity index (χ1) is 63.3. The number of nitrogens with zero attached hydrogens (tertiary/aromatic N) is 17. The molecule has 4 saturated carbocycles. The Labute approximate surface area is 772 Å². The van der Waals surface area contributed by atoms with Gasteiger partial charge in [-0.1, -0.05) is 109 Å². The molecular formula is C100H137ClN22O8. The molecule has 702 valence electrons.